The minimum absolute atomic E-state index is 0.491. The summed E-state index contributed by atoms with van der Waals surface area (Å²) < 4.78 is 16.4. The molecule has 0 bridgehead atoms. The number of rotatable bonds is 4. The minimum atomic E-state index is -0.908. The number of nitrogens with zero attached hydrogens (tertiary/aromatic N) is 1. The zero-order chi connectivity index (χ0) is 16.2. The molecular formula is C15H21ClN2O4. The van der Waals surface area contributed by atoms with E-state index in [2.05, 4.69) is 0 Å². The van der Waals surface area contributed by atoms with Crippen molar-refractivity contribution in [2.45, 2.75) is 37.6 Å². The second-order valence-electron chi connectivity index (χ2n) is 5.18. The molecule has 22 heavy (non-hydrogen) atoms. The van der Waals surface area contributed by atoms with Crippen molar-refractivity contribution in [1.82, 2.24) is 0 Å². The smallest absolute Gasteiger partial charge is 0.429 e. The fraction of sp³-hybridized carbons (Fsp3) is 0.533. The molecule has 1 aliphatic rings. The molecule has 1 amide bonds. The van der Waals surface area contributed by atoms with Gasteiger partial charge in [0.1, 0.15) is 0 Å². The van der Waals surface area contributed by atoms with Crippen molar-refractivity contribution < 1.29 is 19.0 Å². The zero-order valence-corrected chi connectivity index (χ0v) is 13.5. The molecule has 1 unspecified atom stereocenters. The summed E-state index contributed by atoms with van der Waals surface area (Å²) in [6.07, 6.45) is 2.08. The van der Waals surface area contributed by atoms with Gasteiger partial charge >= 0.3 is 6.09 Å². The van der Waals surface area contributed by atoms with Gasteiger partial charge in [0.25, 0.3) is 0 Å². The third kappa shape index (κ3) is 3.52. The highest BCUT2D eigenvalue weighted by Gasteiger charge is 2.44. The summed E-state index contributed by atoms with van der Waals surface area (Å²) in [5.74, 6) is 4.90. The van der Waals surface area contributed by atoms with Crippen LogP contribution in [0.3, 0.4) is 0 Å². The van der Waals surface area contributed by atoms with Crippen LogP contribution >= 0.6 is 11.6 Å². The van der Waals surface area contributed by atoms with E-state index in [-0.39, 0.29) is 0 Å². The van der Waals surface area contributed by atoms with Gasteiger partial charge in [0.15, 0.2) is 6.10 Å². The maximum Gasteiger partial charge on any atom is 0.429 e. The fourth-order valence-electron chi connectivity index (χ4n) is 2.67. The molecule has 6 nitrogen and oxygen atoms in total. The Morgan fingerprint density at radius 2 is 1.91 bits per heavy atom. The largest absolute Gasteiger partial charge is 0.439 e. The van der Waals surface area contributed by atoms with Gasteiger partial charge in [-0.1, -0.05) is 11.6 Å². The fourth-order valence-corrected chi connectivity index (χ4v) is 2.79. The van der Waals surface area contributed by atoms with Crippen LogP contribution in [-0.2, 0) is 14.2 Å². The predicted octanol–water partition coefficient (Wildman–Crippen LogP) is 3.09. The molecule has 7 heteroatoms. The molecule has 1 atom stereocenters. The molecule has 1 aliphatic carbocycles. The van der Waals surface area contributed by atoms with E-state index in [1.165, 1.54) is 0 Å². The number of amides is 1. The number of ether oxygens (including phenoxy) is 3. The van der Waals surface area contributed by atoms with Gasteiger partial charge in [-0.2, -0.15) is 0 Å². The van der Waals surface area contributed by atoms with Crippen molar-refractivity contribution in [2.75, 3.05) is 19.2 Å². The first-order chi connectivity index (χ1) is 10.5. The molecule has 122 valence electrons. The Hall–Kier alpha value is -1.34. The number of halogens is 1. The molecule has 2 rings (SSSR count). The summed E-state index contributed by atoms with van der Waals surface area (Å²) in [6.45, 7) is 0. The van der Waals surface area contributed by atoms with E-state index in [1.807, 2.05) is 0 Å². The number of hydrogen-bond donors (Lipinski definition) is 1. The molecule has 0 radical (unpaired) electrons. The van der Waals surface area contributed by atoms with E-state index >= 15 is 0 Å². The van der Waals surface area contributed by atoms with Gasteiger partial charge in [0.2, 0.25) is 5.79 Å². The first-order valence-electron chi connectivity index (χ1n) is 7.13. The molecule has 0 heterocycles. The first-order valence-corrected chi connectivity index (χ1v) is 7.51. The summed E-state index contributed by atoms with van der Waals surface area (Å²) >= 11 is 5.82. The Balaban J connectivity index is 2.07. The molecule has 1 aromatic carbocycles. The number of hydrogen-bond acceptors (Lipinski definition) is 5. The predicted molar refractivity (Wildman–Crippen MR) is 83.6 cm³/mol. The zero-order valence-electron chi connectivity index (χ0n) is 12.8. The van der Waals surface area contributed by atoms with Crippen molar-refractivity contribution in [1.29, 1.82) is 0 Å². The molecule has 1 fully saturated rings. The van der Waals surface area contributed by atoms with Crippen molar-refractivity contribution in [3.63, 3.8) is 0 Å². The molecular weight excluding hydrogens is 308 g/mol. The van der Waals surface area contributed by atoms with Crippen LogP contribution < -0.4 is 10.9 Å². The molecule has 1 saturated carbocycles. The van der Waals surface area contributed by atoms with E-state index in [4.69, 9.17) is 31.7 Å². The normalized spacial score (nSPS) is 20.5. The number of nitrogens with two attached hydrogens (primary N) is 1. The average Bonchev–Trinajstić information content (AvgIpc) is 2.55. The highest BCUT2D eigenvalue weighted by Crippen LogP contribution is 2.34. The highest BCUT2D eigenvalue weighted by molar-refractivity contribution is 6.30. The summed E-state index contributed by atoms with van der Waals surface area (Å²) in [5.41, 5.74) is 0.491. The van der Waals surface area contributed by atoms with E-state index in [0.717, 1.165) is 17.9 Å². The Bertz CT molecular complexity index is 505. The lowest BCUT2D eigenvalue weighted by Crippen LogP contribution is -2.52. The van der Waals surface area contributed by atoms with Crippen LogP contribution in [0.5, 0.6) is 0 Å². The molecule has 1 aromatic rings. The standard InChI is InChI=1S/C15H21ClN2O4/c1-20-15(21-2)10-4-3-5-13(15)22-14(19)18(17)12-8-6-11(16)7-9-12/h6-9,13H,3-5,10,17H2,1-2H3. The van der Waals surface area contributed by atoms with E-state index in [9.17, 15) is 4.79 Å². The van der Waals surface area contributed by atoms with Crippen molar-refractivity contribution in [3.05, 3.63) is 29.3 Å². The van der Waals surface area contributed by atoms with E-state index in [0.29, 0.717) is 23.6 Å². The van der Waals surface area contributed by atoms with Gasteiger partial charge in [0.05, 0.1) is 5.69 Å². The van der Waals surface area contributed by atoms with Gasteiger partial charge in [-0.05, 0) is 43.5 Å². The summed E-state index contributed by atoms with van der Waals surface area (Å²) in [7, 11) is 3.10. The topological polar surface area (TPSA) is 74.0 Å². The number of carbonyl (C=O) groups is 1. The van der Waals surface area contributed by atoms with Gasteiger partial charge in [-0.15, -0.1) is 0 Å². The van der Waals surface area contributed by atoms with Crippen LogP contribution in [0.2, 0.25) is 5.02 Å². The summed E-state index contributed by atoms with van der Waals surface area (Å²) in [6, 6.07) is 6.59. The molecule has 0 spiro atoms. The van der Waals surface area contributed by atoms with E-state index in [1.54, 1.807) is 38.5 Å². The monoisotopic (exact) mass is 328 g/mol. The Labute approximate surface area is 135 Å². The number of anilines is 1. The van der Waals surface area contributed by atoms with Crippen LogP contribution in [-0.4, -0.2) is 32.2 Å². The minimum Gasteiger partial charge on any atom is -0.439 e. The molecule has 2 N–H and O–H groups in total. The number of benzene rings is 1. The SMILES string of the molecule is COC1(OC)CCCCC1OC(=O)N(N)c1ccc(Cl)cc1. The average molecular weight is 329 g/mol. The second kappa shape index (κ2) is 7.28. The number of hydrazine groups is 1. The van der Waals surface area contributed by atoms with Gasteiger partial charge < -0.3 is 14.2 Å². The third-order valence-corrected chi connectivity index (χ3v) is 4.22. The summed E-state index contributed by atoms with van der Waals surface area (Å²) in [5, 5.41) is 1.51. The highest BCUT2D eigenvalue weighted by atomic mass is 35.5. The lowest BCUT2D eigenvalue weighted by atomic mass is 9.91. The maximum absolute atomic E-state index is 12.3. The Morgan fingerprint density at radius 3 is 2.50 bits per heavy atom. The Morgan fingerprint density at radius 1 is 1.27 bits per heavy atom. The van der Waals surface area contributed by atoms with Crippen molar-refractivity contribution in [3.8, 4) is 0 Å². The van der Waals surface area contributed by atoms with Crippen LogP contribution in [0.25, 0.3) is 0 Å². The molecule has 0 saturated heterocycles. The van der Waals surface area contributed by atoms with Crippen molar-refractivity contribution in [2.24, 2.45) is 5.84 Å². The van der Waals surface area contributed by atoms with Crippen LogP contribution in [0.4, 0.5) is 10.5 Å². The van der Waals surface area contributed by atoms with E-state index < -0.39 is 18.0 Å². The molecule has 0 aromatic heterocycles. The molecule has 0 aliphatic heterocycles. The van der Waals surface area contributed by atoms with Crippen molar-refractivity contribution >= 4 is 23.4 Å². The first kappa shape index (κ1) is 17.0. The quantitative estimate of drug-likeness (QED) is 0.398. The van der Waals surface area contributed by atoms with Crippen LogP contribution in [0.15, 0.2) is 24.3 Å². The lowest BCUT2D eigenvalue weighted by molar-refractivity contribution is -0.270. The van der Waals surface area contributed by atoms with Gasteiger partial charge in [-0.25, -0.2) is 15.6 Å². The van der Waals surface area contributed by atoms with Crippen LogP contribution in [0.1, 0.15) is 25.7 Å². The summed E-state index contributed by atoms with van der Waals surface area (Å²) in [4.78, 5) is 12.3. The van der Waals surface area contributed by atoms with Crippen LogP contribution in [0, 0.1) is 0 Å². The Kier molecular flexibility index (Phi) is 5.63. The maximum atomic E-state index is 12.3. The van der Waals surface area contributed by atoms with Gasteiger partial charge in [-0.3, -0.25) is 0 Å². The number of methoxy groups -OCH3 is 2. The third-order valence-electron chi connectivity index (χ3n) is 3.97. The number of carbonyl (C=O) groups excluding carboxylic acids is 1. The second-order valence-corrected chi connectivity index (χ2v) is 5.62. The van der Waals surface area contributed by atoms with Gasteiger partial charge in [0, 0.05) is 25.7 Å². The lowest BCUT2D eigenvalue weighted by Gasteiger charge is -2.41.